The molecule has 2 rings (SSSR count). The molecule has 1 aromatic rings. The molecule has 0 bridgehead atoms. The Balaban J connectivity index is 0.000000251. The fraction of sp³-hybridized carbons (Fsp3) is 0.333. The summed E-state index contributed by atoms with van der Waals surface area (Å²) in [4.78, 5) is 0. The van der Waals surface area contributed by atoms with E-state index < -0.39 is 0 Å². The van der Waals surface area contributed by atoms with Gasteiger partial charge in [-0.3, -0.25) is 0 Å². The van der Waals surface area contributed by atoms with Crippen LogP contribution >= 0.6 is 11.3 Å². The van der Waals surface area contributed by atoms with Crippen molar-refractivity contribution in [2.75, 3.05) is 0 Å². The first-order valence-corrected chi connectivity index (χ1v) is 5.67. The van der Waals surface area contributed by atoms with Crippen molar-refractivity contribution in [1.29, 1.82) is 0 Å². The molecule has 0 amide bonds. The normalized spacial score (nSPS) is 12.8. The number of allylic oxidation sites excluding steroid dienone is 2. The summed E-state index contributed by atoms with van der Waals surface area (Å²) in [5, 5.41) is 3.52. The van der Waals surface area contributed by atoms with Gasteiger partial charge in [0, 0.05) is 4.53 Å². The van der Waals surface area contributed by atoms with Crippen molar-refractivity contribution >= 4 is 23.5 Å². The van der Waals surface area contributed by atoms with Crippen LogP contribution in [0.1, 0.15) is 26.7 Å². The minimum atomic E-state index is 1.07. The van der Waals surface area contributed by atoms with Gasteiger partial charge in [-0.2, -0.15) is 0 Å². The van der Waals surface area contributed by atoms with E-state index >= 15 is 0 Å². The molecule has 1 heterocycles. The zero-order valence-electron chi connectivity index (χ0n) is 8.29. The highest BCUT2D eigenvalue weighted by Crippen LogP contribution is 1.91. The first-order chi connectivity index (χ1) is 6.38. The van der Waals surface area contributed by atoms with E-state index in [0.29, 0.717) is 0 Å². The van der Waals surface area contributed by atoms with E-state index in [0.717, 1.165) is 6.42 Å². The van der Waals surface area contributed by atoms with Gasteiger partial charge < -0.3 is 0 Å². The lowest BCUT2D eigenvalue weighted by atomic mass is 10.3. The molecular weight excluding hydrogens is 176 g/mol. The van der Waals surface area contributed by atoms with Crippen molar-refractivity contribution in [2.24, 2.45) is 0 Å². The lowest BCUT2D eigenvalue weighted by Gasteiger charge is -1.73. The zero-order chi connectivity index (χ0) is 9.52. The molecule has 1 heteroatoms. The third kappa shape index (κ3) is 3.19. The van der Waals surface area contributed by atoms with Crippen molar-refractivity contribution in [3.8, 4) is 0 Å². The minimum Gasteiger partial charge on any atom is -0.144 e. The molecule has 0 unspecified atom stereocenters. The topological polar surface area (TPSA) is 0 Å². The summed E-state index contributed by atoms with van der Waals surface area (Å²) in [6.45, 7) is 4.25. The fourth-order valence-corrected chi connectivity index (χ4v) is 1.87. The van der Waals surface area contributed by atoms with Gasteiger partial charge in [-0.25, -0.2) is 0 Å². The highest BCUT2D eigenvalue weighted by atomic mass is 32.1. The van der Waals surface area contributed by atoms with Gasteiger partial charge in [0.1, 0.15) is 0 Å². The average Bonchev–Trinajstić information content (AvgIpc) is 2.44. The molecule has 0 N–H and O–H groups in total. The lowest BCUT2D eigenvalue weighted by molar-refractivity contribution is 1.09. The first-order valence-electron chi connectivity index (χ1n) is 4.79. The van der Waals surface area contributed by atoms with E-state index in [-0.39, 0.29) is 0 Å². The van der Waals surface area contributed by atoms with E-state index in [1.54, 1.807) is 11.3 Å². The highest BCUT2D eigenvalue weighted by molar-refractivity contribution is 7.07. The molecule has 0 aliphatic heterocycles. The van der Waals surface area contributed by atoms with Crippen LogP contribution in [0.3, 0.4) is 0 Å². The number of hydrogen-bond acceptors (Lipinski definition) is 1. The predicted molar refractivity (Wildman–Crippen MR) is 62.2 cm³/mol. The number of fused-ring (bicyclic) bond motifs is 1. The van der Waals surface area contributed by atoms with Gasteiger partial charge in [0.05, 0.1) is 0 Å². The van der Waals surface area contributed by atoms with Crippen LogP contribution in [0.15, 0.2) is 23.6 Å². The molecule has 1 aromatic heterocycles. The third-order valence-corrected chi connectivity index (χ3v) is 2.48. The Kier molecular flexibility index (Phi) is 4.55. The second-order valence-electron chi connectivity index (χ2n) is 2.98. The SMILES string of the molecule is C1=CCC=c2ccsc2=C1.CCC. The van der Waals surface area contributed by atoms with Gasteiger partial charge in [0.15, 0.2) is 0 Å². The Morgan fingerprint density at radius 1 is 1.38 bits per heavy atom. The largest absolute Gasteiger partial charge is 0.144 e. The quantitative estimate of drug-likeness (QED) is 0.593. The van der Waals surface area contributed by atoms with Gasteiger partial charge in [-0.05, 0) is 29.2 Å². The molecule has 0 radical (unpaired) electrons. The summed E-state index contributed by atoms with van der Waals surface area (Å²) in [7, 11) is 0. The Bertz CT molecular complexity index is 368. The molecule has 0 spiro atoms. The maximum Gasteiger partial charge on any atom is 0.0339 e. The van der Waals surface area contributed by atoms with Crippen molar-refractivity contribution in [3.63, 3.8) is 0 Å². The Morgan fingerprint density at radius 2 is 2.15 bits per heavy atom. The van der Waals surface area contributed by atoms with Crippen molar-refractivity contribution < 1.29 is 0 Å². The summed E-state index contributed by atoms with van der Waals surface area (Å²) >= 11 is 1.80. The van der Waals surface area contributed by atoms with Crippen LogP contribution in [0, 0.1) is 0 Å². The molecule has 0 saturated carbocycles. The Morgan fingerprint density at radius 3 is 2.92 bits per heavy atom. The molecule has 0 atom stereocenters. The van der Waals surface area contributed by atoms with E-state index in [1.807, 2.05) is 0 Å². The molecule has 0 aromatic carbocycles. The smallest absolute Gasteiger partial charge is 0.0339 e. The molecule has 0 fully saturated rings. The van der Waals surface area contributed by atoms with Gasteiger partial charge in [0.25, 0.3) is 0 Å². The first kappa shape index (κ1) is 10.3. The van der Waals surface area contributed by atoms with Gasteiger partial charge in [-0.15, -0.1) is 11.3 Å². The second-order valence-corrected chi connectivity index (χ2v) is 3.93. The van der Waals surface area contributed by atoms with E-state index in [2.05, 4.69) is 49.6 Å². The summed E-state index contributed by atoms with van der Waals surface area (Å²) in [6.07, 6.45) is 11.0. The van der Waals surface area contributed by atoms with Crippen LogP contribution < -0.4 is 9.75 Å². The van der Waals surface area contributed by atoms with Crippen LogP contribution in [0.2, 0.25) is 0 Å². The van der Waals surface area contributed by atoms with Crippen LogP contribution in [0.5, 0.6) is 0 Å². The van der Waals surface area contributed by atoms with Crippen molar-refractivity contribution in [3.05, 3.63) is 33.3 Å². The lowest BCUT2D eigenvalue weighted by Crippen LogP contribution is -2.15. The van der Waals surface area contributed by atoms with Crippen LogP contribution in [0.4, 0.5) is 0 Å². The number of rotatable bonds is 0. The summed E-state index contributed by atoms with van der Waals surface area (Å²) in [6, 6.07) is 2.17. The zero-order valence-corrected chi connectivity index (χ0v) is 9.10. The molecule has 13 heavy (non-hydrogen) atoms. The Labute approximate surface area is 83.9 Å². The third-order valence-electron chi connectivity index (χ3n) is 1.58. The monoisotopic (exact) mass is 192 g/mol. The van der Waals surface area contributed by atoms with Crippen molar-refractivity contribution in [1.82, 2.24) is 0 Å². The maximum absolute atomic E-state index is 2.26. The van der Waals surface area contributed by atoms with E-state index in [9.17, 15) is 0 Å². The van der Waals surface area contributed by atoms with Crippen LogP contribution in [-0.4, -0.2) is 0 Å². The summed E-state index contributed by atoms with van der Waals surface area (Å²) in [5.74, 6) is 0. The van der Waals surface area contributed by atoms with E-state index in [1.165, 1.54) is 16.2 Å². The van der Waals surface area contributed by atoms with Crippen LogP contribution in [0.25, 0.3) is 12.2 Å². The van der Waals surface area contributed by atoms with Gasteiger partial charge in [-0.1, -0.05) is 38.5 Å². The van der Waals surface area contributed by atoms with Crippen molar-refractivity contribution in [2.45, 2.75) is 26.7 Å². The molecule has 70 valence electrons. The van der Waals surface area contributed by atoms with E-state index in [4.69, 9.17) is 0 Å². The number of hydrogen-bond donors (Lipinski definition) is 0. The molecule has 0 saturated heterocycles. The number of thiophene rings is 1. The summed E-state index contributed by atoms with van der Waals surface area (Å²) in [5.41, 5.74) is 0. The van der Waals surface area contributed by atoms with Gasteiger partial charge >= 0.3 is 0 Å². The second kappa shape index (κ2) is 5.76. The highest BCUT2D eigenvalue weighted by Gasteiger charge is 1.86. The summed E-state index contributed by atoms with van der Waals surface area (Å²) < 4.78 is 1.38. The molecule has 1 aliphatic rings. The molecular formula is C12H16S. The van der Waals surface area contributed by atoms with Gasteiger partial charge in [0.2, 0.25) is 0 Å². The molecule has 0 nitrogen and oxygen atoms in total. The predicted octanol–water partition coefficient (Wildman–Crippen LogP) is 2.69. The Hall–Kier alpha value is -0.820. The standard InChI is InChI=1S/C9H8S.C3H8/c1-2-4-8-6-7-10-9(8)5-3-1;1-3-2/h1,3-7H,2H2;3H2,1-2H3. The van der Waals surface area contributed by atoms with Crippen LogP contribution in [-0.2, 0) is 0 Å². The maximum atomic E-state index is 2.26. The fourth-order valence-electron chi connectivity index (χ4n) is 1.06. The average molecular weight is 192 g/mol. The molecule has 1 aliphatic carbocycles. The minimum absolute atomic E-state index is 1.07.